The molecular formula is C15H14N2. The molecule has 0 spiro atoms. The first-order valence-corrected chi connectivity index (χ1v) is 5.68. The van der Waals surface area contributed by atoms with Crippen molar-refractivity contribution in [2.75, 3.05) is 5.73 Å². The summed E-state index contributed by atoms with van der Waals surface area (Å²) in [6.45, 7) is 2.09. The molecule has 0 amide bonds. The number of nitrogens with two attached hydrogens (primary N) is 1. The van der Waals surface area contributed by atoms with Gasteiger partial charge >= 0.3 is 0 Å². The standard InChI is InChI=1S/C15H14N2/c1-10-2-4-11(5-3-10)15-9-12-8-13(16)6-7-14(12)17-15/h2-9,17H,16H2,1H3. The molecule has 1 heterocycles. The van der Waals surface area contributed by atoms with Crippen molar-refractivity contribution in [1.82, 2.24) is 4.98 Å². The molecule has 3 N–H and O–H groups in total. The second-order valence-electron chi connectivity index (χ2n) is 4.40. The zero-order valence-electron chi connectivity index (χ0n) is 9.70. The smallest absolute Gasteiger partial charge is 0.0464 e. The van der Waals surface area contributed by atoms with Crippen molar-refractivity contribution in [2.24, 2.45) is 0 Å². The number of benzene rings is 2. The first-order valence-electron chi connectivity index (χ1n) is 5.68. The molecule has 3 aromatic rings. The number of nitrogens with one attached hydrogen (secondary N) is 1. The van der Waals surface area contributed by atoms with E-state index in [-0.39, 0.29) is 0 Å². The number of nitrogen functional groups attached to an aromatic ring is 1. The van der Waals surface area contributed by atoms with E-state index in [2.05, 4.69) is 42.2 Å². The van der Waals surface area contributed by atoms with Crippen LogP contribution >= 0.6 is 0 Å². The minimum absolute atomic E-state index is 0.798. The molecule has 17 heavy (non-hydrogen) atoms. The second-order valence-corrected chi connectivity index (χ2v) is 4.40. The van der Waals surface area contributed by atoms with Crippen LogP contribution in [0.5, 0.6) is 0 Å². The van der Waals surface area contributed by atoms with Gasteiger partial charge in [0.25, 0.3) is 0 Å². The van der Waals surface area contributed by atoms with E-state index in [1.807, 2.05) is 18.2 Å². The fourth-order valence-electron chi connectivity index (χ4n) is 2.04. The number of fused-ring (bicyclic) bond motifs is 1. The summed E-state index contributed by atoms with van der Waals surface area (Å²) in [6, 6.07) is 16.6. The Labute approximate surface area is 100 Å². The minimum atomic E-state index is 0.798. The van der Waals surface area contributed by atoms with Gasteiger partial charge in [-0.3, -0.25) is 0 Å². The highest BCUT2D eigenvalue weighted by Crippen LogP contribution is 2.25. The highest BCUT2D eigenvalue weighted by Gasteiger charge is 2.03. The minimum Gasteiger partial charge on any atom is -0.399 e. The van der Waals surface area contributed by atoms with Gasteiger partial charge in [0.05, 0.1) is 0 Å². The van der Waals surface area contributed by atoms with Crippen LogP contribution in [0.3, 0.4) is 0 Å². The SMILES string of the molecule is Cc1ccc(-c2cc3cc(N)ccc3[nH]2)cc1. The number of aryl methyl sites for hydroxylation is 1. The molecule has 2 heteroatoms. The summed E-state index contributed by atoms with van der Waals surface area (Å²) in [6.07, 6.45) is 0. The molecule has 0 fully saturated rings. The van der Waals surface area contributed by atoms with Crippen LogP contribution in [0.25, 0.3) is 22.2 Å². The Morgan fingerprint density at radius 2 is 1.71 bits per heavy atom. The Hall–Kier alpha value is -2.22. The van der Waals surface area contributed by atoms with Crippen molar-refractivity contribution in [3.63, 3.8) is 0 Å². The van der Waals surface area contributed by atoms with Gasteiger partial charge in [0.15, 0.2) is 0 Å². The maximum atomic E-state index is 5.78. The molecule has 0 aliphatic rings. The van der Waals surface area contributed by atoms with Gasteiger partial charge in [-0.1, -0.05) is 29.8 Å². The van der Waals surface area contributed by atoms with Gasteiger partial charge in [-0.05, 0) is 36.8 Å². The summed E-state index contributed by atoms with van der Waals surface area (Å²) in [5.41, 5.74) is 11.3. The molecular weight excluding hydrogens is 208 g/mol. The molecule has 0 radical (unpaired) electrons. The number of aromatic nitrogens is 1. The van der Waals surface area contributed by atoms with E-state index >= 15 is 0 Å². The average molecular weight is 222 g/mol. The molecule has 0 saturated heterocycles. The lowest BCUT2D eigenvalue weighted by atomic mass is 10.1. The highest BCUT2D eigenvalue weighted by atomic mass is 14.7. The largest absolute Gasteiger partial charge is 0.399 e. The molecule has 2 nitrogen and oxygen atoms in total. The Balaban J connectivity index is 2.14. The van der Waals surface area contributed by atoms with Gasteiger partial charge in [-0.25, -0.2) is 0 Å². The molecule has 0 aliphatic carbocycles. The lowest BCUT2D eigenvalue weighted by Gasteiger charge is -1.97. The Morgan fingerprint density at radius 1 is 0.941 bits per heavy atom. The van der Waals surface area contributed by atoms with Crippen molar-refractivity contribution >= 4 is 16.6 Å². The fraction of sp³-hybridized carbons (Fsp3) is 0.0667. The second kappa shape index (κ2) is 3.67. The van der Waals surface area contributed by atoms with E-state index < -0.39 is 0 Å². The van der Waals surface area contributed by atoms with E-state index in [9.17, 15) is 0 Å². The monoisotopic (exact) mass is 222 g/mol. The summed E-state index contributed by atoms with van der Waals surface area (Å²) >= 11 is 0. The van der Waals surface area contributed by atoms with Gasteiger partial charge in [0, 0.05) is 22.3 Å². The molecule has 3 rings (SSSR count). The topological polar surface area (TPSA) is 41.8 Å². The third-order valence-corrected chi connectivity index (χ3v) is 3.01. The maximum absolute atomic E-state index is 5.78. The number of aromatic amines is 1. The first-order chi connectivity index (χ1) is 8.22. The normalized spacial score (nSPS) is 10.9. The van der Waals surface area contributed by atoms with Gasteiger partial charge in [0.1, 0.15) is 0 Å². The third kappa shape index (κ3) is 1.78. The molecule has 0 aliphatic heterocycles. The molecule has 0 atom stereocenters. The Kier molecular flexibility index (Phi) is 2.15. The zero-order chi connectivity index (χ0) is 11.8. The van der Waals surface area contributed by atoms with Crippen LogP contribution in [-0.2, 0) is 0 Å². The predicted molar refractivity (Wildman–Crippen MR) is 72.9 cm³/mol. The summed E-state index contributed by atoms with van der Waals surface area (Å²) in [7, 11) is 0. The molecule has 2 aromatic carbocycles. The lowest BCUT2D eigenvalue weighted by Crippen LogP contribution is -1.81. The first kappa shape index (κ1) is 9.97. The van der Waals surface area contributed by atoms with Crippen molar-refractivity contribution in [3.05, 3.63) is 54.1 Å². The number of hydrogen-bond donors (Lipinski definition) is 2. The third-order valence-electron chi connectivity index (χ3n) is 3.01. The van der Waals surface area contributed by atoms with E-state index in [4.69, 9.17) is 5.73 Å². The Bertz CT molecular complexity index is 663. The van der Waals surface area contributed by atoms with Crippen LogP contribution in [0, 0.1) is 6.92 Å². The Morgan fingerprint density at radius 3 is 2.47 bits per heavy atom. The number of rotatable bonds is 1. The van der Waals surface area contributed by atoms with Gasteiger partial charge in [-0.15, -0.1) is 0 Å². The van der Waals surface area contributed by atoms with E-state index in [1.165, 1.54) is 11.1 Å². The van der Waals surface area contributed by atoms with Crippen molar-refractivity contribution in [2.45, 2.75) is 6.92 Å². The average Bonchev–Trinajstić information content (AvgIpc) is 2.72. The molecule has 0 bridgehead atoms. The van der Waals surface area contributed by atoms with E-state index in [0.29, 0.717) is 0 Å². The predicted octanol–water partition coefficient (Wildman–Crippen LogP) is 3.73. The van der Waals surface area contributed by atoms with Crippen LogP contribution < -0.4 is 5.73 Å². The van der Waals surface area contributed by atoms with Crippen molar-refractivity contribution in [3.8, 4) is 11.3 Å². The fourth-order valence-corrected chi connectivity index (χ4v) is 2.04. The summed E-state index contributed by atoms with van der Waals surface area (Å²) in [5, 5.41) is 1.15. The molecule has 0 saturated carbocycles. The van der Waals surface area contributed by atoms with E-state index in [0.717, 1.165) is 22.3 Å². The molecule has 1 aromatic heterocycles. The summed E-state index contributed by atoms with van der Waals surface area (Å²) in [4.78, 5) is 3.40. The molecule has 0 unspecified atom stereocenters. The summed E-state index contributed by atoms with van der Waals surface area (Å²) in [5.74, 6) is 0. The summed E-state index contributed by atoms with van der Waals surface area (Å²) < 4.78 is 0. The highest BCUT2D eigenvalue weighted by molar-refractivity contribution is 5.88. The van der Waals surface area contributed by atoms with Crippen LogP contribution in [-0.4, -0.2) is 4.98 Å². The number of H-pyrrole nitrogens is 1. The van der Waals surface area contributed by atoms with Crippen molar-refractivity contribution < 1.29 is 0 Å². The number of anilines is 1. The van der Waals surface area contributed by atoms with Crippen LogP contribution in [0.2, 0.25) is 0 Å². The van der Waals surface area contributed by atoms with Gasteiger partial charge in [0.2, 0.25) is 0 Å². The van der Waals surface area contributed by atoms with Gasteiger partial charge in [-0.2, -0.15) is 0 Å². The zero-order valence-corrected chi connectivity index (χ0v) is 9.70. The van der Waals surface area contributed by atoms with Crippen LogP contribution in [0.15, 0.2) is 48.5 Å². The lowest BCUT2D eigenvalue weighted by molar-refractivity contribution is 1.42. The van der Waals surface area contributed by atoms with Crippen LogP contribution in [0.4, 0.5) is 5.69 Å². The number of hydrogen-bond acceptors (Lipinski definition) is 1. The van der Waals surface area contributed by atoms with Crippen molar-refractivity contribution in [1.29, 1.82) is 0 Å². The maximum Gasteiger partial charge on any atom is 0.0464 e. The molecule has 84 valence electrons. The van der Waals surface area contributed by atoms with Crippen LogP contribution in [0.1, 0.15) is 5.56 Å². The van der Waals surface area contributed by atoms with Gasteiger partial charge < -0.3 is 10.7 Å². The van der Waals surface area contributed by atoms with E-state index in [1.54, 1.807) is 0 Å². The quantitative estimate of drug-likeness (QED) is 0.605.